The second kappa shape index (κ2) is 41.9. The van der Waals surface area contributed by atoms with Gasteiger partial charge in [0.1, 0.15) is 73.0 Å². The van der Waals surface area contributed by atoms with Gasteiger partial charge in [0.25, 0.3) is 0 Å². The molecule has 1 heterocycles. The highest BCUT2D eigenvalue weighted by Crippen LogP contribution is 2.19. The van der Waals surface area contributed by atoms with E-state index in [-0.39, 0.29) is 43.9 Å². The minimum Gasteiger partial charge on any atom is -0.481 e. The quantitative estimate of drug-likeness (QED) is 0.0199. The first-order valence-electron chi connectivity index (χ1n) is 29.0. The fraction of sp³-hybridized carbons (Fsp3) is 0.673. The third-order valence-corrected chi connectivity index (χ3v) is 14.4. The molecule has 0 unspecified atom stereocenters. The first-order chi connectivity index (χ1) is 43.6. The molecule has 1 saturated heterocycles. The van der Waals surface area contributed by atoms with Crippen LogP contribution in [0.1, 0.15) is 85.5 Å². The zero-order valence-corrected chi connectivity index (χ0v) is 53.2. The van der Waals surface area contributed by atoms with E-state index in [0.717, 1.165) is 13.8 Å². The van der Waals surface area contributed by atoms with Crippen LogP contribution in [0.5, 0.6) is 0 Å². The second-order valence-corrected chi connectivity index (χ2v) is 22.3. The summed E-state index contributed by atoms with van der Waals surface area (Å²) in [6, 6.07) is -19.6. The number of aliphatic carboxylic acids is 2. The molecule has 93 heavy (non-hydrogen) atoms. The molecule has 1 rings (SSSR count). The number of unbranched alkanes of at least 4 members (excludes halogenated alkanes) is 1. The summed E-state index contributed by atoms with van der Waals surface area (Å²) in [4.78, 5) is 221. The lowest BCUT2D eigenvalue weighted by atomic mass is 10.0. The smallest absolute Gasteiger partial charge is 0.322 e. The molecule has 0 radical (unpaired) electrons. The topological polar surface area (TPSA) is 643 Å². The van der Waals surface area contributed by atoms with Gasteiger partial charge in [0.2, 0.25) is 88.6 Å². The molecule has 41 heteroatoms. The number of amides is 15. The molecule has 0 aromatic carbocycles. The number of carboxylic acid groups (broad SMARTS) is 2. The van der Waals surface area contributed by atoms with Crippen molar-refractivity contribution in [2.45, 2.75) is 164 Å². The van der Waals surface area contributed by atoms with Crippen molar-refractivity contribution in [2.24, 2.45) is 28.9 Å². The van der Waals surface area contributed by atoms with Crippen molar-refractivity contribution in [2.75, 3.05) is 50.9 Å². The van der Waals surface area contributed by atoms with Gasteiger partial charge in [-0.05, 0) is 64.8 Å². The number of hydrogen-bond donors (Lipinski definition) is 23. The minimum atomic E-state index is -2.07. The van der Waals surface area contributed by atoms with Gasteiger partial charge < -0.3 is 117 Å². The molecule has 25 N–H and O–H groups in total. The predicted octanol–water partition coefficient (Wildman–Crippen LogP) is -11.9. The molecule has 1 aliphatic rings. The SMILES string of the molecule is CC(C)[C@H](NC(=O)[C@@H](NC(=O)[C@H](CO)NC(=O)[C@H](CC(N)=O)NC(=O)[C@H](CC(N)=O)NC(=O)[C@H](C)NC(=O)[C@H](CO)NC(=O)[C@@H]1CCCN1C(=O)[C@@H](N)CS)[C@@H](C)O)C(=O)N[C@@H](CCCCN)C(=O)N[C@@H](CCC(=O)O)C(=O)NCC(=O)N[C@@H](CS)C(=O)NCC(=O)O. The Morgan fingerprint density at radius 1 is 0.516 bits per heavy atom. The molecular weight excluding hydrogens is 1280 g/mol. The fourth-order valence-corrected chi connectivity index (χ4v) is 8.99. The molecule has 0 saturated carbocycles. The Morgan fingerprint density at radius 3 is 1.48 bits per heavy atom. The highest BCUT2D eigenvalue weighted by atomic mass is 32.1. The van der Waals surface area contributed by atoms with Crippen LogP contribution in [0.15, 0.2) is 0 Å². The average molecular weight is 1370 g/mol. The largest absolute Gasteiger partial charge is 0.481 e. The molecular formula is C52H87N17O22S2. The summed E-state index contributed by atoms with van der Waals surface area (Å²) in [5, 5.41) is 75.6. The lowest BCUT2D eigenvalue weighted by molar-refractivity contribution is -0.140. The van der Waals surface area contributed by atoms with Crippen LogP contribution in [-0.4, -0.2) is 260 Å². The number of nitrogens with one attached hydrogen (secondary N) is 12. The van der Waals surface area contributed by atoms with Gasteiger partial charge in [-0.15, -0.1) is 0 Å². The highest BCUT2D eigenvalue weighted by molar-refractivity contribution is 7.80. The molecule has 0 aromatic heterocycles. The Morgan fingerprint density at radius 2 is 0.978 bits per heavy atom. The summed E-state index contributed by atoms with van der Waals surface area (Å²) in [5.74, 6) is -20.6. The van der Waals surface area contributed by atoms with Gasteiger partial charge in [-0.25, -0.2) is 0 Å². The molecule has 13 atom stereocenters. The van der Waals surface area contributed by atoms with Crippen LogP contribution in [0.25, 0.3) is 0 Å². The average Bonchev–Trinajstić information content (AvgIpc) is 1.84. The second-order valence-electron chi connectivity index (χ2n) is 21.6. The molecule has 0 spiro atoms. The van der Waals surface area contributed by atoms with Crippen molar-refractivity contribution in [3.8, 4) is 0 Å². The number of carbonyl (C=O) groups excluding carboxylic acids is 15. The van der Waals surface area contributed by atoms with Crippen LogP contribution >= 0.6 is 25.3 Å². The molecule has 1 fully saturated rings. The number of carboxylic acids is 2. The number of primary amides is 2. The molecule has 39 nitrogen and oxygen atoms in total. The summed E-state index contributed by atoms with van der Waals surface area (Å²) in [5.41, 5.74) is 22.1. The van der Waals surface area contributed by atoms with Gasteiger partial charge in [0.15, 0.2) is 0 Å². The van der Waals surface area contributed by atoms with Crippen molar-refractivity contribution in [3.63, 3.8) is 0 Å². The fourth-order valence-electron chi connectivity index (χ4n) is 8.58. The number of rotatable bonds is 43. The maximum absolute atomic E-state index is 14.0. The van der Waals surface area contributed by atoms with Crippen LogP contribution < -0.4 is 86.7 Å². The molecule has 0 bridgehead atoms. The number of nitrogens with two attached hydrogens (primary N) is 4. The van der Waals surface area contributed by atoms with Crippen LogP contribution in [0.4, 0.5) is 0 Å². The van der Waals surface area contributed by atoms with E-state index in [1.54, 1.807) is 0 Å². The first-order valence-corrected chi connectivity index (χ1v) is 30.3. The molecule has 0 aliphatic carbocycles. The van der Waals surface area contributed by atoms with Gasteiger partial charge in [0, 0.05) is 24.5 Å². The summed E-state index contributed by atoms with van der Waals surface area (Å²) in [6.45, 7) is 1.42. The van der Waals surface area contributed by atoms with Gasteiger partial charge >= 0.3 is 11.9 Å². The van der Waals surface area contributed by atoms with Crippen LogP contribution in [0.2, 0.25) is 0 Å². The number of aliphatic hydroxyl groups excluding tert-OH is 3. The summed E-state index contributed by atoms with van der Waals surface area (Å²) in [7, 11) is 0. The Bertz CT molecular complexity index is 2700. The highest BCUT2D eigenvalue weighted by Gasteiger charge is 2.40. The van der Waals surface area contributed by atoms with Crippen molar-refractivity contribution in [3.05, 3.63) is 0 Å². The molecule has 0 aromatic rings. The van der Waals surface area contributed by atoms with Gasteiger partial charge in [-0.1, -0.05) is 13.8 Å². The first kappa shape index (κ1) is 82.5. The zero-order valence-electron chi connectivity index (χ0n) is 51.4. The summed E-state index contributed by atoms with van der Waals surface area (Å²) >= 11 is 7.96. The van der Waals surface area contributed by atoms with E-state index >= 15 is 0 Å². The lowest BCUT2D eigenvalue weighted by Gasteiger charge is -2.29. The number of aliphatic hydroxyl groups is 3. The van der Waals surface area contributed by atoms with Crippen molar-refractivity contribution in [1.29, 1.82) is 0 Å². The monoisotopic (exact) mass is 1370 g/mol. The Labute approximate surface area is 543 Å². The Hall–Kier alpha value is -8.51. The van der Waals surface area contributed by atoms with E-state index in [1.165, 1.54) is 18.7 Å². The van der Waals surface area contributed by atoms with E-state index in [4.69, 9.17) is 28.0 Å². The number of carbonyl (C=O) groups is 17. The third-order valence-electron chi connectivity index (χ3n) is 13.7. The minimum absolute atomic E-state index is 0.0220. The number of thiol groups is 2. The van der Waals surface area contributed by atoms with Crippen molar-refractivity contribution >= 4 is 126 Å². The zero-order chi connectivity index (χ0) is 71.0. The normalized spacial score (nSPS) is 16.5. The van der Waals surface area contributed by atoms with Crippen molar-refractivity contribution in [1.82, 2.24) is 68.7 Å². The Kier molecular flexibility index (Phi) is 37.1. The van der Waals surface area contributed by atoms with E-state index in [9.17, 15) is 102 Å². The van der Waals surface area contributed by atoms with Crippen LogP contribution in [0, 0.1) is 5.92 Å². The van der Waals surface area contributed by atoms with Gasteiger partial charge in [-0.3, -0.25) is 81.5 Å². The number of hydrogen-bond acceptors (Lipinski definition) is 24. The maximum atomic E-state index is 14.0. The number of likely N-dealkylation sites (tertiary alicyclic amines) is 1. The lowest BCUT2D eigenvalue weighted by Crippen LogP contribution is -2.63. The van der Waals surface area contributed by atoms with Gasteiger partial charge in [-0.2, -0.15) is 25.3 Å². The maximum Gasteiger partial charge on any atom is 0.322 e. The van der Waals surface area contributed by atoms with Crippen LogP contribution in [0.3, 0.4) is 0 Å². The van der Waals surface area contributed by atoms with E-state index in [1.807, 2.05) is 10.6 Å². The van der Waals surface area contributed by atoms with Crippen LogP contribution in [-0.2, 0) is 81.5 Å². The number of nitrogens with zero attached hydrogens (tertiary/aromatic N) is 1. The van der Waals surface area contributed by atoms with E-state index in [2.05, 4.69) is 78.4 Å². The molecule has 15 amide bonds. The summed E-state index contributed by atoms with van der Waals surface area (Å²) < 4.78 is 0. The summed E-state index contributed by atoms with van der Waals surface area (Å²) in [6.07, 6.45) is -4.15. The standard InChI is InChI=1S/C52H87N17O22S2/c1-22(2)39(50(89)62-26(8-5-6-12-53)44(83)61-27(10-11-37(76)77)42(81)57-16-36(75)60-32(21-93)43(82)58-17-38(78)79)67-51(90)40(24(4)72)68-48(87)31(19-71)65-46(85)29(15-35(56)74)64-45(84)28(14-34(55)73)63-41(80)23(3)59-47(86)30(18-70)66-49(88)33-9-7-13-69(33)52(91)25(54)20-92/h22-33,39-40,70-72,92-93H,5-21,53-54H2,1-4H3,(H2,55,73)(H2,56,74)(H,57,81)(H,58,82)(H,59,86)(H,60,75)(H,61,83)(H,62,89)(H,63,80)(H,64,84)(H,65,85)(H,66,88)(H,67,90)(H,68,87)(H,76,77)(H,78,79)/t23-,24+,25-,26-,27-,28-,29-,30-,31-,32-,33-,39-,40-/m0/s1. The van der Waals surface area contributed by atoms with E-state index < -0.39 is 237 Å². The van der Waals surface area contributed by atoms with Gasteiger partial charge in [0.05, 0.1) is 44.7 Å². The Balaban J connectivity index is 3.28. The van der Waals surface area contributed by atoms with Crippen molar-refractivity contribution < 1.29 is 107 Å². The molecule has 1 aliphatic heterocycles. The molecule has 524 valence electrons. The van der Waals surface area contributed by atoms with E-state index in [0.29, 0.717) is 12.8 Å². The third kappa shape index (κ3) is 29.3. The predicted molar refractivity (Wildman–Crippen MR) is 327 cm³/mol.